The van der Waals surface area contributed by atoms with Gasteiger partial charge in [-0.2, -0.15) is 13.9 Å². The van der Waals surface area contributed by atoms with Gasteiger partial charge in [-0.1, -0.05) is 35.5 Å². The first-order chi connectivity index (χ1) is 15.8. The molecule has 0 spiro atoms. The molecule has 0 saturated carbocycles. The number of halogens is 2. The van der Waals surface area contributed by atoms with E-state index >= 15 is 0 Å². The van der Waals surface area contributed by atoms with E-state index in [9.17, 15) is 8.78 Å². The van der Waals surface area contributed by atoms with E-state index in [1.54, 1.807) is 6.20 Å². The fourth-order valence-corrected chi connectivity index (χ4v) is 4.38. The van der Waals surface area contributed by atoms with Gasteiger partial charge in [-0.05, 0) is 25.5 Å². The first-order valence-corrected chi connectivity index (χ1v) is 10.6. The van der Waals surface area contributed by atoms with Crippen LogP contribution in [0.2, 0.25) is 0 Å². The van der Waals surface area contributed by atoms with Gasteiger partial charge in [0.2, 0.25) is 0 Å². The molecule has 10 heteroatoms. The van der Waals surface area contributed by atoms with Gasteiger partial charge in [-0.15, -0.1) is 0 Å². The predicted octanol–water partition coefficient (Wildman–Crippen LogP) is 3.49. The van der Waals surface area contributed by atoms with Crippen LogP contribution in [0.1, 0.15) is 23.6 Å². The van der Waals surface area contributed by atoms with E-state index < -0.39 is 11.9 Å². The molecule has 0 aliphatic heterocycles. The zero-order valence-electron chi connectivity index (χ0n) is 18.8. The van der Waals surface area contributed by atoms with Crippen molar-refractivity contribution in [1.29, 1.82) is 0 Å². The summed E-state index contributed by atoms with van der Waals surface area (Å²) in [5.41, 5.74) is 6.60. The molecule has 4 heterocycles. The standard InChI is InChI=1S/C23H21B2F2N5O/c1-13-20(14(2)33-30-13)15-8-19-21(28-9-15)18(16-10-29-32(11-16)22(26)27)12-31(19)23(24,25)17-6-4-3-5-7-17/h3-12,22H,24-25H2,1-2H3. The Labute approximate surface area is 191 Å². The topological polar surface area (TPSA) is 61.7 Å². The molecule has 0 atom stereocenters. The summed E-state index contributed by atoms with van der Waals surface area (Å²) in [6.07, 6.45) is 6.54. The van der Waals surface area contributed by atoms with Crippen molar-refractivity contribution < 1.29 is 13.3 Å². The largest absolute Gasteiger partial charge is 0.361 e. The van der Waals surface area contributed by atoms with Gasteiger partial charge in [0, 0.05) is 46.2 Å². The Balaban J connectivity index is 1.77. The number of aryl methyl sites for hydroxylation is 2. The molecule has 0 N–H and O–H groups in total. The van der Waals surface area contributed by atoms with Gasteiger partial charge < -0.3 is 9.09 Å². The molecule has 4 aromatic heterocycles. The molecule has 6 nitrogen and oxygen atoms in total. The third-order valence-electron chi connectivity index (χ3n) is 6.16. The van der Waals surface area contributed by atoms with Crippen molar-refractivity contribution in [2.24, 2.45) is 0 Å². The highest BCUT2D eigenvalue weighted by Gasteiger charge is 2.27. The number of fused-ring (bicyclic) bond motifs is 1. The zero-order chi connectivity index (χ0) is 23.3. The number of rotatable bonds is 5. The van der Waals surface area contributed by atoms with Gasteiger partial charge in [0.25, 0.3) is 0 Å². The average Bonchev–Trinajstić information content (AvgIpc) is 3.51. The third kappa shape index (κ3) is 3.46. The Morgan fingerprint density at radius 2 is 1.79 bits per heavy atom. The van der Waals surface area contributed by atoms with Crippen LogP contribution in [0.3, 0.4) is 0 Å². The van der Waals surface area contributed by atoms with Crippen LogP contribution in [-0.4, -0.2) is 40.2 Å². The minimum atomic E-state index is -2.70. The number of hydrogen-bond acceptors (Lipinski definition) is 4. The summed E-state index contributed by atoms with van der Waals surface area (Å²) in [6.45, 7) is 1.07. The number of alkyl halides is 2. The lowest BCUT2D eigenvalue weighted by Crippen LogP contribution is -2.35. The van der Waals surface area contributed by atoms with Crippen molar-refractivity contribution in [1.82, 2.24) is 24.5 Å². The first-order valence-electron chi connectivity index (χ1n) is 10.6. The van der Waals surface area contributed by atoms with Crippen molar-refractivity contribution in [3.63, 3.8) is 0 Å². The summed E-state index contributed by atoms with van der Waals surface area (Å²) in [7, 11) is 4.24. The quantitative estimate of drug-likeness (QED) is 0.391. The van der Waals surface area contributed by atoms with Gasteiger partial charge in [0.05, 0.1) is 22.9 Å². The van der Waals surface area contributed by atoms with E-state index in [1.807, 2.05) is 38.2 Å². The molecule has 164 valence electrons. The van der Waals surface area contributed by atoms with Crippen LogP contribution in [0.5, 0.6) is 0 Å². The summed E-state index contributed by atoms with van der Waals surface area (Å²) < 4.78 is 34.5. The summed E-state index contributed by atoms with van der Waals surface area (Å²) in [5, 5.41) is 7.46. The Morgan fingerprint density at radius 1 is 1.03 bits per heavy atom. The molecule has 0 unspecified atom stereocenters. The van der Waals surface area contributed by atoms with Crippen LogP contribution in [0, 0.1) is 13.8 Å². The lowest BCUT2D eigenvalue weighted by atomic mass is 9.58. The maximum atomic E-state index is 13.2. The second-order valence-electron chi connectivity index (χ2n) is 8.62. The lowest BCUT2D eigenvalue weighted by molar-refractivity contribution is 0.0566. The van der Waals surface area contributed by atoms with Gasteiger partial charge >= 0.3 is 6.55 Å². The number of pyridine rings is 1. The monoisotopic (exact) mass is 443 g/mol. The van der Waals surface area contributed by atoms with Gasteiger partial charge in [-0.25, -0.2) is 4.68 Å². The van der Waals surface area contributed by atoms with Crippen molar-refractivity contribution in [2.75, 3.05) is 0 Å². The van der Waals surface area contributed by atoms with E-state index in [0.717, 1.165) is 33.5 Å². The van der Waals surface area contributed by atoms with Crippen molar-refractivity contribution in [2.45, 2.75) is 25.7 Å². The molecule has 33 heavy (non-hydrogen) atoms. The molecule has 0 saturated heterocycles. The number of benzene rings is 1. The molecule has 0 bridgehead atoms. The molecule has 0 aliphatic rings. The average molecular weight is 443 g/mol. The molecule has 0 amide bonds. The second kappa shape index (κ2) is 7.72. The molecular weight excluding hydrogens is 422 g/mol. The highest BCUT2D eigenvalue weighted by Crippen LogP contribution is 2.37. The molecule has 5 aromatic rings. The van der Waals surface area contributed by atoms with Crippen LogP contribution in [0.4, 0.5) is 8.78 Å². The molecule has 5 rings (SSSR count). The summed E-state index contributed by atoms with van der Waals surface area (Å²) in [4.78, 5) is 4.76. The Hall–Kier alpha value is -3.68. The molecule has 1 aromatic carbocycles. The summed E-state index contributed by atoms with van der Waals surface area (Å²) in [6, 6.07) is 12.2. The number of aromatic nitrogens is 5. The number of nitrogens with zero attached hydrogens (tertiary/aromatic N) is 5. The summed E-state index contributed by atoms with van der Waals surface area (Å²) >= 11 is 0. The van der Waals surface area contributed by atoms with E-state index in [4.69, 9.17) is 9.51 Å². The fraction of sp³-hybridized carbons (Fsp3) is 0.174. The minimum absolute atomic E-state index is 0.435. The fourth-order valence-electron chi connectivity index (χ4n) is 4.38. The molecule has 0 radical (unpaired) electrons. The molecule has 0 fully saturated rings. The van der Waals surface area contributed by atoms with E-state index in [2.05, 4.69) is 48.7 Å². The van der Waals surface area contributed by atoms with Crippen LogP contribution in [-0.2, 0) is 5.34 Å². The van der Waals surface area contributed by atoms with Crippen LogP contribution in [0.15, 0.2) is 65.7 Å². The maximum Gasteiger partial charge on any atom is 0.333 e. The minimum Gasteiger partial charge on any atom is -0.361 e. The van der Waals surface area contributed by atoms with Gasteiger partial charge in [0.1, 0.15) is 21.5 Å². The highest BCUT2D eigenvalue weighted by molar-refractivity contribution is 6.40. The Kier molecular flexibility index (Phi) is 4.96. The third-order valence-corrected chi connectivity index (χ3v) is 6.16. The highest BCUT2D eigenvalue weighted by atomic mass is 19.3. The van der Waals surface area contributed by atoms with Gasteiger partial charge in [0.15, 0.2) is 0 Å². The van der Waals surface area contributed by atoms with E-state index in [1.165, 1.54) is 12.4 Å². The smallest absolute Gasteiger partial charge is 0.333 e. The summed E-state index contributed by atoms with van der Waals surface area (Å²) in [5.74, 6) is 0.715. The molecular formula is C23H21B2F2N5O. The predicted molar refractivity (Wildman–Crippen MR) is 128 cm³/mol. The van der Waals surface area contributed by atoms with Crippen molar-refractivity contribution >= 4 is 26.7 Å². The van der Waals surface area contributed by atoms with Crippen LogP contribution < -0.4 is 0 Å². The maximum absolute atomic E-state index is 13.2. The van der Waals surface area contributed by atoms with Crippen LogP contribution >= 0.6 is 0 Å². The SMILES string of the molecule is BC(B)(c1ccccc1)n1cc(-c2cnn(C(F)F)c2)c2ncc(-c3c(C)noc3C)cc21. The van der Waals surface area contributed by atoms with Crippen molar-refractivity contribution in [3.8, 4) is 22.3 Å². The molecule has 0 aliphatic carbocycles. The van der Waals surface area contributed by atoms with E-state index in [0.29, 0.717) is 21.5 Å². The first kappa shape index (κ1) is 21.2. The Bertz CT molecular complexity index is 1440. The zero-order valence-corrected chi connectivity index (χ0v) is 18.8. The Morgan fingerprint density at radius 3 is 2.42 bits per heavy atom. The van der Waals surface area contributed by atoms with E-state index in [-0.39, 0.29) is 0 Å². The van der Waals surface area contributed by atoms with Crippen molar-refractivity contribution in [3.05, 3.63) is 78.2 Å². The van der Waals surface area contributed by atoms with Gasteiger partial charge in [-0.3, -0.25) is 4.98 Å². The normalized spacial score (nSPS) is 12.2. The second-order valence-corrected chi connectivity index (χ2v) is 8.62. The van der Waals surface area contributed by atoms with Crippen LogP contribution in [0.25, 0.3) is 33.3 Å². The number of hydrogen-bond donors (Lipinski definition) is 0. The lowest BCUT2D eigenvalue weighted by Gasteiger charge is -2.29.